The fourth-order valence-electron chi connectivity index (χ4n) is 3.12. The number of fused-ring (bicyclic) bond motifs is 2. The van der Waals surface area contributed by atoms with Gasteiger partial charge in [-0.3, -0.25) is 4.79 Å². The lowest BCUT2D eigenvalue weighted by Crippen LogP contribution is -2.25. The number of benzene rings is 2. The number of carbonyl (C=O) groups excluding carboxylic acids is 1. The smallest absolute Gasteiger partial charge is 0.287 e. The molecule has 130 valence electrons. The van der Waals surface area contributed by atoms with Crippen LogP contribution >= 0.6 is 0 Å². The third-order valence-corrected chi connectivity index (χ3v) is 4.46. The summed E-state index contributed by atoms with van der Waals surface area (Å²) in [7, 11) is 0. The van der Waals surface area contributed by atoms with E-state index in [9.17, 15) is 4.79 Å². The van der Waals surface area contributed by atoms with Gasteiger partial charge in [-0.25, -0.2) is 4.98 Å². The molecule has 0 unspecified atom stereocenters. The molecule has 2 heterocycles. The van der Waals surface area contributed by atoms with Gasteiger partial charge in [0.05, 0.1) is 5.52 Å². The van der Waals surface area contributed by atoms with Gasteiger partial charge in [-0.05, 0) is 49.6 Å². The molecule has 0 bridgehead atoms. The molecule has 0 fully saturated rings. The van der Waals surface area contributed by atoms with Crippen molar-refractivity contribution < 1.29 is 9.21 Å². The summed E-state index contributed by atoms with van der Waals surface area (Å²) in [6.07, 6.45) is 0.787. The summed E-state index contributed by atoms with van der Waals surface area (Å²) in [4.78, 5) is 16.9. The van der Waals surface area contributed by atoms with E-state index < -0.39 is 0 Å². The summed E-state index contributed by atoms with van der Waals surface area (Å²) >= 11 is 0. The fraction of sp³-hybridized carbons (Fsp3) is 0.182. The monoisotopic (exact) mass is 344 g/mol. The number of carbonyl (C=O) groups is 1. The van der Waals surface area contributed by atoms with Gasteiger partial charge < -0.3 is 9.73 Å². The van der Waals surface area contributed by atoms with Gasteiger partial charge in [0, 0.05) is 17.3 Å². The summed E-state index contributed by atoms with van der Waals surface area (Å²) in [5.41, 5.74) is 4.94. The maximum atomic E-state index is 12.4. The van der Waals surface area contributed by atoms with E-state index >= 15 is 0 Å². The molecule has 4 rings (SSSR count). The van der Waals surface area contributed by atoms with Gasteiger partial charge in [-0.15, -0.1) is 0 Å². The number of rotatable bonds is 4. The lowest BCUT2D eigenvalue weighted by atomic mass is 10.1. The minimum atomic E-state index is -0.212. The summed E-state index contributed by atoms with van der Waals surface area (Å²) in [5.74, 6) is 0.0830. The maximum Gasteiger partial charge on any atom is 0.287 e. The molecule has 0 saturated carbocycles. The fourth-order valence-corrected chi connectivity index (χ4v) is 3.12. The summed E-state index contributed by atoms with van der Waals surface area (Å²) in [6.45, 7) is 4.66. The molecule has 0 aliphatic carbocycles. The molecule has 1 N–H and O–H groups in total. The lowest BCUT2D eigenvalue weighted by molar-refractivity contribution is 0.0928. The second-order valence-corrected chi connectivity index (χ2v) is 6.68. The molecule has 0 aliphatic heterocycles. The normalized spacial score (nSPS) is 11.2. The number of nitrogens with one attached hydrogen (secondary N) is 1. The number of furan rings is 1. The van der Waals surface area contributed by atoms with Gasteiger partial charge in [-0.2, -0.15) is 0 Å². The molecule has 0 saturated heterocycles. The number of hydrogen-bond acceptors (Lipinski definition) is 3. The zero-order valence-corrected chi connectivity index (χ0v) is 14.9. The number of aromatic nitrogens is 1. The van der Waals surface area contributed by atoms with E-state index in [0.29, 0.717) is 18.0 Å². The van der Waals surface area contributed by atoms with Crippen LogP contribution in [0.4, 0.5) is 0 Å². The van der Waals surface area contributed by atoms with Crippen LogP contribution < -0.4 is 5.32 Å². The van der Waals surface area contributed by atoms with E-state index in [1.165, 1.54) is 11.1 Å². The average molecular weight is 344 g/mol. The van der Waals surface area contributed by atoms with E-state index in [1.807, 2.05) is 31.2 Å². The lowest BCUT2D eigenvalue weighted by Gasteiger charge is -2.04. The summed E-state index contributed by atoms with van der Waals surface area (Å²) < 4.78 is 5.68. The Balaban J connectivity index is 1.50. The Hall–Kier alpha value is -3.14. The van der Waals surface area contributed by atoms with Gasteiger partial charge >= 0.3 is 0 Å². The first kappa shape index (κ1) is 16.3. The Morgan fingerprint density at radius 2 is 1.85 bits per heavy atom. The minimum absolute atomic E-state index is 0.212. The van der Waals surface area contributed by atoms with Crippen LogP contribution in [-0.4, -0.2) is 17.4 Å². The molecule has 4 nitrogen and oxygen atoms in total. The highest BCUT2D eigenvalue weighted by Gasteiger charge is 2.13. The second-order valence-electron chi connectivity index (χ2n) is 6.68. The standard InChI is InChI=1S/C22H20N2O2/c1-14-4-3-5-16(10-14)8-9-23-21(25)20-13-18-12-17-7-6-15(2)11-19(17)24-22(18)26-20/h3-7,10-13H,8-9H2,1-2H3,(H,23,25). The van der Waals surface area contributed by atoms with Crippen molar-refractivity contribution in [2.24, 2.45) is 0 Å². The molecular weight excluding hydrogens is 324 g/mol. The molecule has 0 spiro atoms. The average Bonchev–Trinajstić information content (AvgIpc) is 3.02. The van der Waals surface area contributed by atoms with Crippen LogP contribution in [0.3, 0.4) is 0 Å². The zero-order chi connectivity index (χ0) is 18.1. The first-order chi connectivity index (χ1) is 12.6. The third-order valence-electron chi connectivity index (χ3n) is 4.46. The quantitative estimate of drug-likeness (QED) is 0.590. The Morgan fingerprint density at radius 1 is 1.00 bits per heavy atom. The number of hydrogen-bond donors (Lipinski definition) is 1. The number of pyridine rings is 1. The molecule has 2 aromatic heterocycles. The van der Waals surface area contributed by atoms with Crippen molar-refractivity contribution >= 4 is 27.9 Å². The first-order valence-electron chi connectivity index (χ1n) is 8.73. The van der Waals surface area contributed by atoms with Crippen LogP contribution in [0.15, 0.2) is 59.0 Å². The van der Waals surface area contributed by atoms with Gasteiger partial charge in [0.1, 0.15) is 0 Å². The highest BCUT2D eigenvalue weighted by atomic mass is 16.4. The summed E-state index contributed by atoms with van der Waals surface area (Å²) in [6, 6.07) is 18.1. The van der Waals surface area contributed by atoms with E-state index in [-0.39, 0.29) is 5.91 Å². The largest absolute Gasteiger partial charge is 0.433 e. The molecule has 1 amide bonds. The second kappa shape index (κ2) is 6.64. The highest BCUT2D eigenvalue weighted by Crippen LogP contribution is 2.23. The topological polar surface area (TPSA) is 55.1 Å². The molecular formula is C22H20N2O2. The molecule has 2 aromatic carbocycles. The first-order valence-corrected chi connectivity index (χ1v) is 8.73. The van der Waals surface area contributed by atoms with Crippen molar-refractivity contribution in [1.29, 1.82) is 0 Å². The van der Waals surface area contributed by atoms with E-state index in [4.69, 9.17) is 4.42 Å². The number of nitrogens with zero attached hydrogens (tertiary/aromatic N) is 1. The van der Waals surface area contributed by atoms with E-state index in [0.717, 1.165) is 28.3 Å². The van der Waals surface area contributed by atoms with Crippen molar-refractivity contribution in [2.45, 2.75) is 20.3 Å². The Morgan fingerprint density at radius 3 is 2.69 bits per heavy atom. The maximum absolute atomic E-state index is 12.4. The van der Waals surface area contributed by atoms with Crippen molar-refractivity contribution in [3.05, 3.63) is 77.0 Å². The molecule has 0 atom stereocenters. The Bertz CT molecular complexity index is 1110. The van der Waals surface area contributed by atoms with Crippen LogP contribution in [0.2, 0.25) is 0 Å². The Labute approximate surface area is 151 Å². The van der Waals surface area contributed by atoms with Gasteiger partial charge in [0.15, 0.2) is 5.76 Å². The van der Waals surface area contributed by atoms with Crippen LogP contribution in [-0.2, 0) is 6.42 Å². The number of aryl methyl sites for hydroxylation is 2. The molecule has 0 radical (unpaired) electrons. The van der Waals surface area contributed by atoms with Crippen molar-refractivity contribution in [2.75, 3.05) is 6.54 Å². The third kappa shape index (κ3) is 3.31. The molecule has 4 aromatic rings. The van der Waals surface area contributed by atoms with Crippen LogP contribution in [0.1, 0.15) is 27.2 Å². The van der Waals surface area contributed by atoms with E-state index in [2.05, 4.69) is 41.5 Å². The highest BCUT2D eigenvalue weighted by molar-refractivity contribution is 5.98. The zero-order valence-electron chi connectivity index (χ0n) is 14.9. The van der Waals surface area contributed by atoms with Crippen molar-refractivity contribution in [3.8, 4) is 0 Å². The van der Waals surface area contributed by atoms with E-state index in [1.54, 1.807) is 6.07 Å². The Kier molecular flexibility index (Phi) is 4.17. The predicted molar refractivity (Wildman–Crippen MR) is 103 cm³/mol. The van der Waals surface area contributed by atoms with Crippen LogP contribution in [0.5, 0.6) is 0 Å². The van der Waals surface area contributed by atoms with Gasteiger partial charge in [0.2, 0.25) is 5.71 Å². The molecule has 4 heteroatoms. The van der Waals surface area contributed by atoms with Crippen molar-refractivity contribution in [3.63, 3.8) is 0 Å². The van der Waals surface area contributed by atoms with Crippen LogP contribution in [0, 0.1) is 13.8 Å². The predicted octanol–water partition coefficient (Wildman–Crippen LogP) is 4.57. The summed E-state index contributed by atoms with van der Waals surface area (Å²) in [5, 5.41) is 4.79. The van der Waals surface area contributed by atoms with Gasteiger partial charge in [-0.1, -0.05) is 42.0 Å². The van der Waals surface area contributed by atoms with Crippen molar-refractivity contribution in [1.82, 2.24) is 10.3 Å². The SMILES string of the molecule is Cc1cccc(CCNC(=O)c2cc3cc4ccc(C)cc4nc3o2)c1. The minimum Gasteiger partial charge on any atom is -0.433 e. The van der Waals surface area contributed by atoms with Gasteiger partial charge in [0.25, 0.3) is 5.91 Å². The van der Waals surface area contributed by atoms with Crippen LogP contribution in [0.25, 0.3) is 22.0 Å². The molecule has 0 aliphatic rings. The molecule has 26 heavy (non-hydrogen) atoms. The number of amides is 1.